The maximum absolute atomic E-state index is 11.0. The van der Waals surface area contributed by atoms with Gasteiger partial charge < -0.3 is 15.3 Å². The molecule has 30 heavy (non-hydrogen) atoms. The van der Waals surface area contributed by atoms with Gasteiger partial charge in [-0.25, -0.2) is 9.67 Å². The quantitative estimate of drug-likeness (QED) is 0.492. The fraction of sp³-hybridized carbons (Fsp3) is 0.222. The molecule has 0 saturated heterocycles. The number of anilines is 2. The first-order valence-corrected chi connectivity index (χ1v) is 10.7. The molecule has 0 aliphatic carbocycles. The van der Waals surface area contributed by atoms with E-state index in [9.17, 15) is 4.79 Å². The summed E-state index contributed by atoms with van der Waals surface area (Å²) in [7, 11) is 0. The molecule has 2 N–H and O–H groups in total. The average Bonchev–Trinajstić information content (AvgIpc) is 3.31. The van der Waals surface area contributed by atoms with E-state index in [1.165, 1.54) is 11.3 Å². The molecule has 1 aromatic carbocycles. The van der Waals surface area contributed by atoms with Crippen molar-refractivity contribution >= 4 is 69.1 Å². The van der Waals surface area contributed by atoms with E-state index < -0.39 is 12.0 Å². The molecule has 0 spiro atoms. The third-order valence-electron chi connectivity index (χ3n) is 4.37. The zero-order chi connectivity index (χ0) is 21.4. The number of halogens is 3. The van der Waals surface area contributed by atoms with Crippen molar-refractivity contribution in [3.63, 3.8) is 0 Å². The van der Waals surface area contributed by atoms with Crippen molar-refractivity contribution in [2.45, 2.75) is 26.1 Å². The maximum Gasteiger partial charge on any atom is 0.325 e. The first kappa shape index (κ1) is 20.9. The van der Waals surface area contributed by atoms with Gasteiger partial charge in [-0.15, -0.1) is 5.10 Å². The van der Waals surface area contributed by atoms with Gasteiger partial charge in [0.1, 0.15) is 6.04 Å². The van der Waals surface area contributed by atoms with Crippen molar-refractivity contribution in [2.75, 3.05) is 10.2 Å². The van der Waals surface area contributed by atoms with Crippen molar-refractivity contribution in [3.8, 4) is 0 Å². The van der Waals surface area contributed by atoms with Crippen LogP contribution in [-0.4, -0.2) is 37.1 Å². The molecule has 12 heteroatoms. The van der Waals surface area contributed by atoms with Crippen LogP contribution in [0.4, 0.5) is 10.9 Å². The maximum atomic E-state index is 11.0. The van der Waals surface area contributed by atoms with Crippen molar-refractivity contribution in [2.24, 2.45) is 0 Å². The van der Waals surface area contributed by atoms with Crippen LogP contribution in [0.1, 0.15) is 23.1 Å². The van der Waals surface area contributed by atoms with Crippen LogP contribution in [0.25, 0.3) is 6.08 Å². The highest BCUT2D eigenvalue weighted by atomic mass is 35.5. The van der Waals surface area contributed by atoms with Gasteiger partial charge in [-0.1, -0.05) is 51.4 Å². The fourth-order valence-corrected chi connectivity index (χ4v) is 4.43. The summed E-state index contributed by atoms with van der Waals surface area (Å²) < 4.78 is 1.68. The molecule has 0 fully saturated rings. The molecule has 1 atom stereocenters. The molecule has 0 bridgehead atoms. The Bertz CT molecular complexity index is 1120. The molecule has 0 radical (unpaired) electrons. The van der Waals surface area contributed by atoms with Gasteiger partial charge in [-0.05, 0) is 30.7 Å². The smallest absolute Gasteiger partial charge is 0.325 e. The van der Waals surface area contributed by atoms with Crippen LogP contribution in [0.2, 0.25) is 15.1 Å². The Morgan fingerprint density at radius 1 is 1.33 bits per heavy atom. The summed E-state index contributed by atoms with van der Waals surface area (Å²) in [6, 6.07) is 2.77. The van der Waals surface area contributed by atoms with E-state index in [-0.39, 0.29) is 0 Å². The van der Waals surface area contributed by atoms with Gasteiger partial charge in [0.25, 0.3) is 0 Å². The van der Waals surface area contributed by atoms with Crippen LogP contribution >= 0.6 is 46.1 Å². The number of nitrogens with zero attached hydrogens (tertiary/aromatic N) is 5. The minimum atomic E-state index is -0.930. The second-order valence-electron chi connectivity index (χ2n) is 6.63. The molecule has 1 aliphatic rings. The Labute approximate surface area is 190 Å². The normalized spacial score (nSPS) is 13.9. The average molecular weight is 486 g/mol. The van der Waals surface area contributed by atoms with Crippen molar-refractivity contribution in [1.29, 1.82) is 0 Å². The van der Waals surface area contributed by atoms with E-state index in [1.807, 2.05) is 23.4 Å². The first-order valence-electron chi connectivity index (χ1n) is 8.77. The fourth-order valence-electron chi connectivity index (χ4n) is 2.83. The lowest BCUT2D eigenvalue weighted by Crippen LogP contribution is -2.25. The minimum Gasteiger partial charge on any atom is -0.480 e. The molecule has 4 rings (SSSR count). The number of thiazole rings is 1. The van der Waals surface area contributed by atoms with Gasteiger partial charge >= 0.3 is 5.97 Å². The van der Waals surface area contributed by atoms with E-state index in [1.54, 1.807) is 23.7 Å². The number of hydrogen-bond donors (Lipinski definition) is 2. The summed E-state index contributed by atoms with van der Waals surface area (Å²) in [4.78, 5) is 18.4. The highest BCUT2D eigenvalue weighted by molar-refractivity contribution is 7.16. The summed E-state index contributed by atoms with van der Waals surface area (Å²) in [6.45, 7) is 2.51. The number of carboxylic acids is 1. The topological polar surface area (TPSA) is 96.2 Å². The monoisotopic (exact) mass is 484 g/mol. The molecule has 2 aromatic heterocycles. The van der Waals surface area contributed by atoms with Gasteiger partial charge in [-0.3, -0.25) is 4.79 Å². The molecule has 1 aliphatic heterocycles. The Morgan fingerprint density at radius 2 is 2.07 bits per heavy atom. The molecule has 0 saturated carbocycles. The predicted molar refractivity (Wildman–Crippen MR) is 119 cm³/mol. The van der Waals surface area contributed by atoms with Crippen molar-refractivity contribution in [1.82, 2.24) is 20.0 Å². The number of aliphatic carboxylic acids is 1. The number of carbonyl (C=O) groups is 1. The molecule has 8 nitrogen and oxygen atoms in total. The van der Waals surface area contributed by atoms with E-state index >= 15 is 0 Å². The SMILES string of the molecule is CC(Nc1nc2c(s1)C=CN(c1cn(Cc3cc(Cl)c(Cl)c(Cl)c3)nn1)C2)C(=O)O. The lowest BCUT2D eigenvalue weighted by molar-refractivity contribution is -0.137. The van der Waals surface area contributed by atoms with Crippen molar-refractivity contribution in [3.05, 3.63) is 55.7 Å². The number of benzene rings is 1. The molecular weight excluding hydrogens is 471 g/mol. The Kier molecular flexibility index (Phi) is 5.88. The van der Waals surface area contributed by atoms with Crippen LogP contribution in [-0.2, 0) is 17.9 Å². The zero-order valence-corrected chi connectivity index (χ0v) is 18.6. The standard InChI is InChI=1S/C18H15Cl3N6O2S/c1-9(17(28)29)22-18-23-13-7-26(3-2-14(13)30-18)15-8-27(25-24-15)6-10-4-11(19)16(21)12(20)5-10/h2-5,8-9H,6-7H2,1H3,(H,22,23)(H,28,29). The van der Waals surface area contributed by atoms with Crippen LogP contribution in [0, 0.1) is 0 Å². The number of carboxylic acid groups (broad SMARTS) is 1. The molecule has 0 amide bonds. The van der Waals surface area contributed by atoms with Crippen molar-refractivity contribution < 1.29 is 9.90 Å². The summed E-state index contributed by atoms with van der Waals surface area (Å²) >= 11 is 19.6. The van der Waals surface area contributed by atoms with Gasteiger partial charge in [0.15, 0.2) is 10.9 Å². The van der Waals surface area contributed by atoms with Gasteiger partial charge in [0, 0.05) is 6.20 Å². The third kappa shape index (κ3) is 4.39. The third-order valence-corrected chi connectivity index (χ3v) is 6.56. The highest BCUT2D eigenvalue weighted by Gasteiger charge is 2.21. The number of nitrogens with one attached hydrogen (secondary N) is 1. The number of aromatic nitrogens is 4. The van der Waals surface area contributed by atoms with E-state index in [4.69, 9.17) is 39.9 Å². The van der Waals surface area contributed by atoms with Gasteiger partial charge in [-0.2, -0.15) is 0 Å². The summed E-state index contributed by atoms with van der Waals surface area (Å²) in [5, 5.41) is 22.0. The van der Waals surface area contributed by atoms with E-state index in [0.29, 0.717) is 39.1 Å². The lowest BCUT2D eigenvalue weighted by atomic mass is 10.2. The van der Waals surface area contributed by atoms with E-state index in [2.05, 4.69) is 20.6 Å². The summed E-state index contributed by atoms with van der Waals surface area (Å²) in [6.07, 6.45) is 5.63. The largest absolute Gasteiger partial charge is 0.480 e. The van der Waals surface area contributed by atoms with Gasteiger partial charge in [0.05, 0.1) is 44.9 Å². The minimum absolute atomic E-state index is 0.325. The number of hydrogen-bond acceptors (Lipinski definition) is 7. The second-order valence-corrected chi connectivity index (χ2v) is 8.85. The summed E-state index contributed by atoms with van der Waals surface area (Å²) in [5.74, 6) is -0.273. The Hall–Kier alpha value is -2.33. The molecule has 3 heterocycles. The highest BCUT2D eigenvalue weighted by Crippen LogP contribution is 2.32. The first-order chi connectivity index (χ1) is 14.3. The molecule has 1 unspecified atom stereocenters. The second kappa shape index (κ2) is 8.43. The molecular formula is C18H15Cl3N6O2S. The van der Waals surface area contributed by atoms with Gasteiger partial charge in [0.2, 0.25) is 0 Å². The van der Waals surface area contributed by atoms with E-state index in [0.717, 1.165) is 16.1 Å². The van der Waals surface area contributed by atoms with Crippen LogP contribution in [0.15, 0.2) is 24.5 Å². The van der Waals surface area contributed by atoms with Crippen LogP contribution in [0.3, 0.4) is 0 Å². The predicted octanol–water partition coefficient (Wildman–Crippen LogP) is 4.62. The van der Waals surface area contributed by atoms with Crippen LogP contribution in [0.5, 0.6) is 0 Å². The lowest BCUT2D eigenvalue weighted by Gasteiger charge is -2.19. The molecule has 3 aromatic rings. The zero-order valence-electron chi connectivity index (χ0n) is 15.5. The Balaban J connectivity index is 1.46. The Morgan fingerprint density at radius 3 is 2.77 bits per heavy atom. The molecule has 156 valence electrons. The number of rotatable bonds is 6. The van der Waals surface area contributed by atoms with Crippen LogP contribution < -0.4 is 10.2 Å². The number of fused-ring (bicyclic) bond motifs is 1. The summed E-state index contributed by atoms with van der Waals surface area (Å²) in [5.41, 5.74) is 1.69.